The lowest BCUT2D eigenvalue weighted by Gasteiger charge is -2.30. The Bertz CT molecular complexity index is 1830. The predicted molar refractivity (Wildman–Crippen MR) is 163 cm³/mol. The number of carbonyl (C=O) groups is 2. The molecule has 44 heavy (non-hydrogen) atoms. The first-order valence-corrected chi connectivity index (χ1v) is 14.6. The summed E-state index contributed by atoms with van der Waals surface area (Å²) in [4.78, 5) is 34.6. The van der Waals surface area contributed by atoms with Crippen LogP contribution in [0.5, 0.6) is 5.75 Å². The van der Waals surface area contributed by atoms with Crippen LogP contribution in [-0.2, 0) is 17.8 Å². The van der Waals surface area contributed by atoms with Crippen molar-refractivity contribution in [1.82, 2.24) is 24.5 Å². The first kappa shape index (κ1) is 27.5. The van der Waals surface area contributed by atoms with E-state index in [1.165, 1.54) is 12.1 Å². The normalized spacial score (nSPS) is 15.0. The molecule has 3 aromatic carbocycles. The molecular formula is C33H30FN7O3. The molecule has 0 spiro atoms. The van der Waals surface area contributed by atoms with Gasteiger partial charge in [0.1, 0.15) is 23.6 Å². The lowest BCUT2D eigenvalue weighted by Crippen LogP contribution is -2.39. The van der Waals surface area contributed by atoms with E-state index in [2.05, 4.69) is 10.1 Å². The summed E-state index contributed by atoms with van der Waals surface area (Å²) in [5, 5.41) is 9.50. The van der Waals surface area contributed by atoms with E-state index in [1.807, 2.05) is 53.4 Å². The van der Waals surface area contributed by atoms with Gasteiger partial charge in [0.2, 0.25) is 5.91 Å². The summed E-state index contributed by atoms with van der Waals surface area (Å²) in [7, 11) is 1.61. The molecular weight excluding hydrogens is 561 g/mol. The number of halogens is 1. The van der Waals surface area contributed by atoms with Gasteiger partial charge >= 0.3 is 0 Å². The second-order valence-corrected chi connectivity index (χ2v) is 10.9. The zero-order chi connectivity index (χ0) is 30.2. The Kier molecular flexibility index (Phi) is 7.13. The molecule has 2 aliphatic rings. The number of nitrogens with zero attached hydrogens (tertiary/aromatic N) is 7. The Balaban J connectivity index is 1.21. The van der Waals surface area contributed by atoms with Gasteiger partial charge in [0.25, 0.3) is 5.91 Å². The molecule has 0 radical (unpaired) electrons. The van der Waals surface area contributed by atoms with Gasteiger partial charge in [-0.1, -0.05) is 0 Å². The topological polar surface area (TPSA) is 98.4 Å². The van der Waals surface area contributed by atoms with Crippen LogP contribution in [0.3, 0.4) is 0 Å². The maximum atomic E-state index is 14.2. The fourth-order valence-electron chi connectivity index (χ4n) is 5.86. The molecule has 0 atom stereocenters. The average molecular weight is 592 g/mol. The van der Waals surface area contributed by atoms with Crippen molar-refractivity contribution in [3.05, 3.63) is 102 Å². The van der Waals surface area contributed by atoms with Crippen LogP contribution in [0.25, 0.3) is 17.1 Å². The van der Waals surface area contributed by atoms with Crippen molar-refractivity contribution in [2.45, 2.75) is 32.2 Å². The van der Waals surface area contributed by atoms with Gasteiger partial charge in [0, 0.05) is 42.0 Å². The Hall–Kier alpha value is -5.32. The highest BCUT2D eigenvalue weighted by Gasteiger charge is 2.33. The zero-order valence-electron chi connectivity index (χ0n) is 24.2. The Morgan fingerprint density at radius 2 is 1.50 bits per heavy atom. The van der Waals surface area contributed by atoms with E-state index in [1.54, 1.807) is 39.8 Å². The van der Waals surface area contributed by atoms with Crippen LogP contribution in [-0.4, -0.2) is 56.6 Å². The van der Waals surface area contributed by atoms with Crippen molar-refractivity contribution in [1.29, 1.82) is 0 Å². The molecule has 5 aromatic rings. The number of benzene rings is 3. The summed E-state index contributed by atoms with van der Waals surface area (Å²) in [6.07, 6.45) is 4.69. The van der Waals surface area contributed by atoms with Gasteiger partial charge in [0.15, 0.2) is 5.82 Å². The van der Waals surface area contributed by atoms with Crippen LogP contribution in [0.2, 0.25) is 0 Å². The highest BCUT2D eigenvalue weighted by atomic mass is 19.1. The highest BCUT2D eigenvalue weighted by Crippen LogP contribution is 2.31. The number of aromatic nitrogens is 5. The van der Waals surface area contributed by atoms with Crippen LogP contribution in [0.15, 0.2) is 79.1 Å². The summed E-state index contributed by atoms with van der Waals surface area (Å²) in [6.45, 7) is 1.50. The standard InChI is InChI=1S/C33H30FN7O3/c1-44-27-15-13-26(14-16-27)41-31-28(29(36-41)20-38-21-35-32(37-38)22-5-7-23(34)8-6-22)17-19-40(33(31)43)25-11-9-24(10-12-25)39-18-3-2-4-30(39)42/h5-16,21H,2-4,17-20H2,1H3. The quantitative estimate of drug-likeness (QED) is 0.263. The molecule has 1 saturated heterocycles. The third kappa shape index (κ3) is 5.10. The Morgan fingerprint density at radius 3 is 2.20 bits per heavy atom. The molecule has 11 heteroatoms. The zero-order valence-corrected chi connectivity index (χ0v) is 24.2. The minimum Gasteiger partial charge on any atom is -0.497 e. The van der Waals surface area contributed by atoms with Crippen molar-refractivity contribution in [2.24, 2.45) is 0 Å². The number of amides is 2. The second kappa shape index (κ2) is 11.4. The molecule has 222 valence electrons. The van der Waals surface area contributed by atoms with Crippen molar-refractivity contribution < 1.29 is 18.7 Å². The van der Waals surface area contributed by atoms with Gasteiger partial charge in [-0.15, -0.1) is 0 Å². The fourth-order valence-corrected chi connectivity index (χ4v) is 5.86. The molecule has 2 aromatic heterocycles. The smallest absolute Gasteiger partial charge is 0.277 e. The largest absolute Gasteiger partial charge is 0.497 e. The predicted octanol–water partition coefficient (Wildman–Crippen LogP) is 5.05. The average Bonchev–Trinajstić information content (AvgIpc) is 3.68. The maximum absolute atomic E-state index is 14.2. The highest BCUT2D eigenvalue weighted by molar-refractivity contribution is 6.07. The maximum Gasteiger partial charge on any atom is 0.277 e. The summed E-state index contributed by atoms with van der Waals surface area (Å²) in [5.41, 5.74) is 5.12. The Morgan fingerprint density at radius 1 is 0.795 bits per heavy atom. The van der Waals surface area contributed by atoms with Crippen LogP contribution in [0, 0.1) is 5.82 Å². The first-order chi connectivity index (χ1) is 21.5. The molecule has 0 saturated carbocycles. The third-order valence-corrected chi connectivity index (χ3v) is 8.16. The molecule has 10 nitrogen and oxygen atoms in total. The number of anilines is 2. The molecule has 1 fully saturated rings. The number of methoxy groups -OCH3 is 1. The molecule has 0 N–H and O–H groups in total. The molecule has 0 bridgehead atoms. The number of hydrogen-bond donors (Lipinski definition) is 0. The number of fused-ring (bicyclic) bond motifs is 1. The van der Waals surface area contributed by atoms with Crippen LogP contribution < -0.4 is 14.5 Å². The summed E-state index contributed by atoms with van der Waals surface area (Å²) in [6, 6.07) is 21.1. The molecule has 0 unspecified atom stereocenters. The van der Waals surface area contributed by atoms with E-state index in [-0.39, 0.29) is 17.6 Å². The number of piperidine rings is 1. The molecule has 7 rings (SSSR count). The van der Waals surface area contributed by atoms with Crippen LogP contribution >= 0.6 is 0 Å². The van der Waals surface area contributed by atoms with E-state index in [0.717, 1.165) is 41.2 Å². The van der Waals surface area contributed by atoms with Crippen LogP contribution in [0.1, 0.15) is 41.0 Å². The number of rotatable bonds is 7. The summed E-state index contributed by atoms with van der Waals surface area (Å²) in [5.74, 6) is 0.830. The molecule has 0 aliphatic carbocycles. The SMILES string of the molecule is COc1ccc(-n2nc(Cn3cnc(-c4ccc(F)cc4)n3)c3c2C(=O)N(c2ccc(N4CCCCC4=O)cc2)CC3)cc1. The second-order valence-electron chi connectivity index (χ2n) is 10.9. The van der Waals surface area contributed by atoms with Crippen molar-refractivity contribution >= 4 is 23.2 Å². The minimum atomic E-state index is -0.323. The summed E-state index contributed by atoms with van der Waals surface area (Å²) >= 11 is 0. The van der Waals surface area contributed by atoms with Crippen molar-refractivity contribution in [2.75, 3.05) is 30.0 Å². The van der Waals surface area contributed by atoms with Gasteiger partial charge in [0.05, 0.1) is 25.0 Å². The minimum absolute atomic E-state index is 0.135. The molecule has 2 amide bonds. The summed E-state index contributed by atoms with van der Waals surface area (Å²) < 4.78 is 22.1. The van der Waals surface area contributed by atoms with E-state index in [4.69, 9.17) is 9.84 Å². The number of ether oxygens (including phenoxy) is 1. The third-order valence-electron chi connectivity index (χ3n) is 8.16. The van der Waals surface area contributed by atoms with Crippen LogP contribution in [0.4, 0.5) is 15.8 Å². The van der Waals surface area contributed by atoms with Gasteiger partial charge in [-0.2, -0.15) is 10.2 Å². The van der Waals surface area contributed by atoms with Crippen molar-refractivity contribution in [3.63, 3.8) is 0 Å². The lowest BCUT2D eigenvalue weighted by atomic mass is 10.0. The van der Waals surface area contributed by atoms with E-state index in [0.29, 0.717) is 55.3 Å². The first-order valence-electron chi connectivity index (χ1n) is 14.6. The van der Waals surface area contributed by atoms with Gasteiger partial charge < -0.3 is 14.5 Å². The molecule has 4 heterocycles. The number of hydrogen-bond acceptors (Lipinski definition) is 6. The van der Waals surface area contributed by atoms with E-state index < -0.39 is 0 Å². The fraction of sp³-hybridized carbons (Fsp3) is 0.242. The van der Waals surface area contributed by atoms with Gasteiger partial charge in [-0.3, -0.25) is 9.59 Å². The van der Waals surface area contributed by atoms with E-state index >= 15 is 0 Å². The van der Waals surface area contributed by atoms with Gasteiger partial charge in [-0.25, -0.2) is 18.7 Å². The number of carbonyl (C=O) groups excluding carboxylic acids is 2. The van der Waals surface area contributed by atoms with Crippen molar-refractivity contribution in [3.8, 4) is 22.8 Å². The Labute approximate surface area is 253 Å². The van der Waals surface area contributed by atoms with Gasteiger partial charge in [-0.05, 0) is 92.1 Å². The lowest BCUT2D eigenvalue weighted by molar-refractivity contribution is -0.119. The molecule has 2 aliphatic heterocycles. The monoisotopic (exact) mass is 591 g/mol. The van der Waals surface area contributed by atoms with E-state index in [9.17, 15) is 14.0 Å².